The Morgan fingerprint density at radius 1 is 0.329 bits per heavy atom. The van der Waals surface area contributed by atoms with Crippen molar-refractivity contribution >= 4 is 47.0 Å². The average Bonchev–Trinajstić information content (AvgIpc) is 3.50. The normalized spacial score (nSPS) is 10.8. The second kappa shape index (κ2) is 31.1. The molecule has 6 aromatic rings. The van der Waals surface area contributed by atoms with Crippen LogP contribution < -0.4 is 9.47 Å². The van der Waals surface area contributed by atoms with Gasteiger partial charge in [0.25, 0.3) is 11.6 Å². The minimum atomic E-state index is -1.15. The second-order valence-electron chi connectivity index (χ2n) is 17.1. The molecular weight excluding hydrogens is 1020 g/mol. The minimum absolute atomic E-state index is 0.0407. The molecule has 0 aromatic heterocycles. The Hall–Kier alpha value is -9.20. The molecule has 0 N–H and O–H groups in total. The Morgan fingerprint density at radius 3 is 0.886 bits per heavy atom. The molecule has 0 spiro atoms. The zero-order valence-corrected chi connectivity index (χ0v) is 42.9. The highest BCUT2D eigenvalue weighted by Crippen LogP contribution is 2.26. The van der Waals surface area contributed by atoms with E-state index in [4.69, 9.17) is 47.4 Å². The van der Waals surface area contributed by atoms with Crippen LogP contribution in [0.3, 0.4) is 0 Å². The Balaban J connectivity index is 0.984. The SMILES string of the molecule is C=CC(=O)OCCOCC(COCCOC(=O)C=C)(COCCOC(=O)C(=O)c1ccc(Oc2ccc(C(=O)c3ccccc3)cc2)cc1)COCCOC(=O)C(=O)c1ccc(Oc2ccc(C(=O)c3ccccc3)cc2)cc1. The van der Waals surface area contributed by atoms with Crippen LogP contribution in [0.1, 0.15) is 52.6 Å². The van der Waals surface area contributed by atoms with Gasteiger partial charge in [-0.3, -0.25) is 19.2 Å². The molecule has 0 aliphatic rings. The zero-order chi connectivity index (χ0) is 56.2. The van der Waals surface area contributed by atoms with E-state index < -0.39 is 40.9 Å². The second-order valence-corrected chi connectivity index (χ2v) is 17.1. The van der Waals surface area contributed by atoms with Crippen molar-refractivity contribution in [3.63, 3.8) is 0 Å². The van der Waals surface area contributed by atoms with E-state index in [0.29, 0.717) is 45.3 Å². The number of carbonyl (C=O) groups is 8. The molecule has 6 aromatic carbocycles. The van der Waals surface area contributed by atoms with Crippen molar-refractivity contribution in [2.24, 2.45) is 5.41 Å². The highest BCUT2D eigenvalue weighted by atomic mass is 16.6. The van der Waals surface area contributed by atoms with Gasteiger partial charge in [-0.05, 0) is 97.1 Å². The molecule has 408 valence electrons. The zero-order valence-electron chi connectivity index (χ0n) is 42.9. The molecule has 0 aliphatic carbocycles. The maximum absolute atomic E-state index is 13.0. The van der Waals surface area contributed by atoms with Gasteiger partial charge in [0.1, 0.15) is 49.4 Å². The maximum Gasteiger partial charge on any atom is 0.379 e. The van der Waals surface area contributed by atoms with Gasteiger partial charge in [-0.15, -0.1) is 0 Å². The number of Topliss-reactive ketones (excluding diaryl/α,β-unsaturated/α-hetero) is 2. The van der Waals surface area contributed by atoms with E-state index in [9.17, 15) is 38.4 Å². The molecule has 18 heteroatoms. The molecule has 0 radical (unpaired) electrons. The molecule has 0 atom stereocenters. The summed E-state index contributed by atoms with van der Waals surface area (Å²) in [7, 11) is 0. The van der Waals surface area contributed by atoms with E-state index in [0.717, 1.165) is 12.2 Å². The number of benzene rings is 6. The summed E-state index contributed by atoms with van der Waals surface area (Å²) in [6, 6.07) is 42.5. The lowest BCUT2D eigenvalue weighted by Crippen LogP contribution is -2.43. The molecule has 0 heterocycles. The molecule has 6 rings (SSSR count). The maximum atomic E-state index is 13.0. The van der Waals surface area contributed by atoms with Crippen LogP contribution in [-0.2, 0) is 57.1 Å². The predicted molar refractivity (Wildman–Crippen MR) is 284 cm³/mol. The molecule has 0 bridgehead atoms. The lowest BCUT2D eigenvalue weighted by Gasteiger charge is -2.33. The van der Waals surface area contributed by atoms with E-state index in [1.165, 1.54) is 48.5 Å². The van der Waals surface area contributed by atoms with E-state index in [2.05, 4.69) is 13.2 Å². The number of rotatable bonds is 34. The average molecular weight is 1080 g/mol. The Bertz CT molecular complexity index is 2800. The summed E-state index contributed by atoms with van der Waals surface area (Å²) in [5.74, 6) is -4.07. The standard InChI is InChI=1S/C61H56O18/c1-3-53(62)74-35-31-70-39-61(40-71-32-36-75-54(63)4-2,41-72-33-37-76-59(68)57(66)47-19-27-51(28-20-47)78-49-23-15-45(16-24-49)55(64)43-11-7-5-8-12-43)42-73-34-38-77-60(69)58(67)48-21-29-52(30-22-48)79-50-25-17-46(18-26-50)56(65)44-13-9-6-10-14-44/h3-30H,1-2,31-42H2. The van der Waals surface area contributed by atoms with Crippen LogP contribution in [0.15, 0.2) is 183 Å². The topological polar surface area (TPSA) is 229 Å². The quantitative estimate of drug-likeness (QED) is 0.00922. The minimum Gasteiger partial charge on any atom is -0.460 e. The van der Waals surface area contributed by atoms with Crippen molar-refractivity contribution in [2.75, 3.05) is 79.3 Å². The smallest absolute Gasteiger partial charge is 0.379 e. The monoisotopic (exact) mass is 1080 g/mol. The molecule has 0 saturated carbocycles. The van der Waals surface area contributed by atoms with Gasteiger partial charge in [-0.25, -0.2) is 19.2 Å². The summed E-state index contributed by atoms with van der Waals surface area (Å²) in [6.45, 7) is 4.69. The van der Waals surface area contributed by atoms with Crippen molar-refractivity contribution in [3.05, 3.63) is 216 Å². The van der Waals surface area contributed by atoms with Crippen molar-refractivity contribution in [2.45, 2.75) is 0 Å². The lowest BCUT2D eigenvalue weighted by molar-refractivity contribution is -0.147. The summed E-state index contributed by atoms with van der Waals surface area (Å²) in [4.78, 5) is 100. The predicted octanol–water partition coefficient (Wildman–Crippen LogP) is 8.40. The summed E-state index contributed by atoms with van der Waals surface area (Å²) in [5.41, 5.74) is 1.01. The van der Waals surface area contributed by atoms with Crippen LogP contribution in [-0.4, -0.2) is 126 Å². The highest BCUT2D eigenvalue weighted by Gasteiger charge is 2.33. The number of esters is 4. The highest BCUT2D eigenvalue weighted by molar-refractivity contribution is 6.41. The van der Waals surface area contributed by atoms with Crippen LogP contribution in [0.2, 0.25) is 0 Å². The number of ketones is 4. The molecule has 0 aliphatic heterocycles. The van der Waals surface area contributed by atoms with Crippen LogP contribution >= 0.6 is 0 Å². The molecule has 79 heavy (non-hydrogen) atoms. The van der Waals surface area contributed by atoms with Gasteiger partial charge >= 0.3 is 23.9 Å². The van der Waals surface area contributed by atoms with Crippen molar-refractivity contribution < 1.29 is 85.7 Å². The van der Waals surface area contributed by atoms with Crippen LogP contribution in [0.25, 0.3) is 0 Å². The fraction of sp³-hybridized carbons (Fsp3) is 0.213. The van der Waals surface area contributed by atoms with Crippen LogP contribution in [0.5, 0.6) is 23.0 Å². The third-order valence-electron chi connectivity index (χ3n) is 11.2. The molecule has 18 nitrogen and oxygen atoms in total. The lowest BCUT2D eigenvalue weighted by atomic mass is 9.92. The Morgan fingerprint density at radius 2 is 0.595 bits per heavy atom. The summed E-state index contributed by atoms with van der Waals surface area (Å²) >= 11 is 0. The van der Waals surface area contributed by atoms with Crippen molar-refractivity contribution in [1.29, 1.82) is 0 Å². The van der Waals surface area contributed by atoms with Gasteiger partial charge in [-0.2, -0.15) is 0 Å². The number of carbonyl (C=O) groups excluding carboxylic acids is 8. The third kappa shape index (κ3) is 19.1. The fourth-order valence-corrected chi connectivity index (χ4v) is 7.16. The van der Waals surface area contributed by atoms with Gasteiger partial charge in [0, 0.05) is 45.5 Å². The van der Waals surface area contributed by atoms with Crippen LogP contribution in [0.4, 0.5) is 0 Å². The molecule has 0 unspecified atom stereocenters. The first-order chi connectivity index (χ1) is 38.4. The van der Waals surface area contributed by atoms with Gasteiger partial charge in [-0.1, -0.05) is 73.8 Å². The van der Waals surface area contributed by atoms with Gasteiger partial charge < -0.3 is 47.4 Å². The van der Waals surface area contributed by atoms with E-state index in [-0.39, 0.29) is 102 Å². The fourth-order valence-electron chi connectivity index (χ4n) is 7.16. The van der Waals surface area contributed by atoms with E-state index in [1.807, 2.05) is 12.1 Å². The molecule has 0 amide bonds. The number of hydrogen-bond acceptors (Lipinski definition) is 18. The first-order valence-electron chi connectivity index (χ1n) is 24.6. The molecule has 0 fully saturated rings. The molecule has 0 saturated heterocycles. The van der Waals surface area contributed by atoms with Crippen LogP contribution in [0, 0.1) is 5.41 Å². The number of ether oxygens (including phenoxy) is 10. The van der Waals surface area contributed by atoms with Gasteiger partial charge in [0.15, 0.2) is 11.6 Å². The van der Waals surface area contributed by atoms with E-state index >= 15 is 0 Å². The molecular formula is C61H56O18. The third-order valence-corrected chi connectivity index (χ3v) is 11.2. The summed E-state index contributed by atoms with van der Waals surface area (Å²) < 4.78 is 55.7. The van der Waals surface area contributed by atoms with Crippen molar-refractivity contribution in [3.8, 4) is 23.0 Å². The van der Waals surface area contributed by atoms with Crippen molar-refractivity contribution in [1.82, 2.24) is 0 Å². The van der Waals surface area contributed by atoms with Gasteiger partial charge in [0.2, 0.25) is 0 Å². The Labute approximate surface area is 455 Å². The first-order valence-corrected chi connectivity index (χ1v) is 24.6. The van der Waals surface area contributed by atoms with Gasteiger partial charge in [0.05, 0.1) is 58.3 Å². The Kier molecular flexibility index (Phi) is 23.3. The number of hydrogen-bond donors (Lipinski definition) is 0. The van der Waals surface area contributed by atoms with E-state index in [1.54, 1.807) is 97.1 Å². The first kappa shape index (κ1) is 59.1. The largest absolute Gasteiger partial charge is 0.460 e. The summed E-state index contributed by atoms with van der Waals surface area (Å²) in [6.07, 6.45) is 2.00. The summed E-state index contributed by atoms with van der Waals surface area (Å²) in [5, 5.41) is 0.